The molecule has 8 nitrogen and oxygen atoms in total. The van der Waals surface area contributed by atoms with Crippen LogP contribution in [0, 0.1) is 0 Å². The number of hydrogen-bond donors (Lipinski definition) is 1. The van der Waals surface area contributed by atoms with Gasteiger partial charge in [-0.1, -0.05) is 18.2 Å². The number of rotatable bonds is 5. The fourth-order valence-electron chi connectivity index (χ4n) is 2.81. The summed E-state index contributed by atoms with van der Waals surface area (Å²) in [6.45, 7) is 2.05. The van der Waals surface area contributed by atoms with Gasteiger partial charge in [0.25, 0.3) is 5.91 Å². The fraction of sp³-hybridized carbons (Fsp3) is 0.150. The van der Waals surface area contributed by atoms with Crippen molar-refractivity contribution in [2.75, 3.05) is 18.7 Å². The van der Waals surface area contributed by atoms with Crippen molar-refractivity contribution in [3.63, 3.8) is 0 Å². The average Bonchev–Trinajstić information content (AvgIpc) is 3.35. The van der Waals surface area contributed by atoms with E-state index in [9.17, 15) is 9.59 Å². The largest absolute Gasteiger partial charge is 0.462 e. The first kappa shape index (κ1) is 17.6. The Balaban J connectivity index is 1.69. The molecule has 28 heavy (non-hydrogen) atoms. The standard InChI is InChI=1S/C20H17N3O5/c1-2-26-20(25)15-11-21-23(14-6-4-3-5-7-14)18(15)22-19(24)13-8-9-16-17(10-13)28-12-27-16/h3-11H,2,12H2,1H3,(H,22,24). The molecule has 0 saturated carbocycles. The molecule has 142 valence electrons. The van der Waals surface area contributed by atoms with Gasteiger partial charge in [0.15, 0.2) is 17.3 Å². The Hall–Kier alpha value is -3.81. The molecule has 0 aliphatic carbocycles. The summed E-state index contributed by atoms with van der Waals surface area (Å²) >= 11 is 0. The number of aromatic nitrogens is 2. The highest BCUT2D eigenvalue weighted by Crippen LogP contribution is 2.33. The van der Waals surface area contributed by atoms with Crippen LogP contribution < -0.4 is 14.8 Å². The molecule has 2 heterocycles. The van der Waals surface area contributed by atoms with Gasteiger partial charge in [-0.05, 0) is 37.3 Å². The summed E-state index contributed by atoms with van der Waals surface area (Å²) in [6.07, 6.45) is 1.38. The molecule has 0 saturated heterocycles. The van der Waals surface area contributed by atoms with Gasteiger partial charge < -0.3 is 19.5 Å². The molecule has 8 heteroatoms. The molecule has 0 bridgehead atoms. The predicted octanol–water partition coefficient (Wildman–Crippen LogP) is 3.03. The highest BCUT2D eigenvalue weighted by molar-refractivity contribution is 6.07. The van der Waals surface area contributed by atoms with Gasteiger partial charge in [0.2, 0.25) is 6.79 Å². The number of para-hydroxylation sites is 1. The van der Waals surface area contributed by atoms with Crippen LogP contribution in [0.5, 0.6) is 11.5 Å². The first-order chi connectivity index (χ1) is 13.7. The van der Waals surface area contributed by atoms with E-state index in [0.717, 1.165) is 0 Å². The summed E-state index contributed by atoms with van der Waals surface area (Å²) in [4.78, 5) is 25.1. The Bertz CT molecular complexity index is 1030. The van der Waals surface area contributed by atoms with E-state index < -0.39 is 11.9 Å². The predicted molar refractivity (Wildman–Crippen MR) is 100 cm³/mol. The van der Waals surface area contributed by atoms with Gasteiger partial charge in [-0.25, -0.2) is 9.48 Å². The Kier molecular flexibility index (Phi) is 4.67. The number of carbonyl (C=O) groups is 2. The van der Waals surface area contributed by atoms with Gasteiger partial charge in [0, 0.05) is 5.56 Å². The molecule has 0 atom stereocenters. The molecular weight excluding hydrogens is 362 g/mol. The highest BCUT2D eigenvalue weighted by atomic mass is 16.7. The number of benzene rings is 2. The smallest absolute Gasteiger partial charge is 0.343 e. The quantitative estimate of drug-likeness (QED) is 0.685. The van der Waals surface area contributed by atoms with Crippen LogP contribution in [0.4, 0.5) is 5.82 Å². The van der Waals surface area contributed by atoms with Crippen molar-refractivity contribution in [3.05, 3.63) is 65.9 Å². The van der Waals surface area contributed by atoms with Crippen LogP contribution in [-0.2, 0) is 4.74 Å². The minimum atomic E-state index is -0.564. The number of anilines is 1. The van der Waals surface area contributed by atoms with Crippen molar-refractivity contribution in [2.24, 2.45) is 0 Å². The molecule has 0 unspecified atom stereocenters. The lowest BCUT2D eigenvalue weighted by Gasteiger charge is -2.11. The van der Waals surface area contributed by atoms with Crippen molar-refractivity contribution in [2.45, 2.75) is 6.92 Å². The lowest BCUT2D eigenvalue weighted by atomic mass is 10.2. The molecule has 3 aromatic rings. The number of esters is 1. The third kappa shape index (κ3) is 3.27. The van der Waals surface area contributed by atoms with Gasteiger partial charge in [0.05, 0.1) is 18.5 Å². The van der Waals surface area contributed by atoms with E-state index in [0.29, 0.717) is 22.7 Å². The third-order valence-electron chi connectivity index (χ3n) is 4.13. The second-order valence-corrected chi connectivity index (χ2v) is 5.90. The molecule has 4 rings (SSSR count). The molecular formula is C20H17N3O5. The number of hydrogen-bond acceptors (Lipinski definition) is 6. The molecule has 1 N–H and O–H groups in total. The topological polar surface area (TPSA) is 91.7 Å². The van der Waals surface area contributed by atoms with E-state index >= 15 is 0 Å². The van der Waals surface area contributed by atoms with Crippen molar-refractivity contribution < 1.29 is 23.8 Å². The average molecular weight is 379 g/mol. The van der Waals surface area contributed by atoms with Gasteiger partial charge >= 0.3 is 5.97 Å². The molecule has 1 aliphatic rings. The van der Waals surface area contributed by atoms with Crippen LogP contribution in [0.15, 0.2) is 54.7 Å². The molecule has 1 aliphatic heterocycles. The Morgan fingerprint density at radius 1 is 1.14 bits per heavy atom. The summed E-state index contributed by atoms with van der Waals surface area (Å²) in [6, 6.07) is 14.1. The zero-order valence-corrected chi connectivity index (χ0v) is 15.0. The summed E-state index contributed by atoms with van der Waals surface area (Å²) in [5.41, 5.74) is 1.22. The number of nitrogens with zero attached hydrogens (tertiary/aromatic N) is 2. The van der Waals surface area contributed by atoms with Crippen LogP contribution in [-0.4, -0.2) is 35.1 Å². The summed E-state index contributed by atoms with van der Waals surface area (Å²) in [5.74, 6) is 0.326. The number of ether oxygens (including phenoxy) is 3. The molecule has 1 amide bonds. The van der Waals surface area contributed by atoms with E-state index in [1.54, 1.807) is 25.1 Å². The lowest BCUT2D eigenvalue weighted by Crippen LogP contribution is -2.18. The maximum atomic E-state index is 12.8. The van der Waals surface area contributed by atoms with E-state index in [2.05, 4.69) is 10.4 Å². The van der Waals surface area contributed by atoms with Gasteiger partial charge in [-0.15, -0.1) is 0 Å². The summed E-state index contributed by atoms with van der Waals surface area (Å²) in [5, 5.41) is 7.02. The first-order valence-corrected chi connectivity index (χ1v) is 8.69. The van der Waals surface area contributed by atoms with E-state index in [4.69, 9.17) is 14.2 Å². The number of carbonyl (C=O) groups excluding carboxylic acids is 2. The zero-order chi connectivity index (χ0) is 19.5. The van der Waals surface area contributed by atoms with Crippen molar-refractivity contribution in [1.82, 2.24) is 9.78 Å². The highest BCUT2D eigenvalue weighted by Gasteiger charge is 2.23. The molecule has 1 aromatic heterocycles. The van der Waals surface area contributed by atoms with Crippen molar-refractivity contribution in [1.29, 1.82) is 0 Å². The summed E-state index contributed by atoms with van der Waals surface area (Å²) in [7, 11) is 0. The van der Waals surface area contributed by atoms with E-state index in [-0.39, 0.29) is 24.8 Å². The van der Waals surface area contributed by atoms with Crippen molar-refractivity contribution in [3.8, 4) is 17.2 Å². The Morgan fingerprint density at radius 3 is 2.71 bits per heavy atom. The molecule has 0 spiro atoms. The maximum Gasteiger partial charge on any atom is 0.343 e. The number of amides is 1. The van der Waals surface area contributed by atoms with Crippen LogP contribution in [0.2, 0.25) is 0 Å². The van der Waals surface area contributed by atoms with Crippen LogP contribution in [0.1, 0.15) is 27.6 Å². The summed E-state index contributed by atoms with van der Waals surface area (Å²) < 4.78 is 17.2. The van der Waals surface area contributed by atoms with Crippen LogP contribution >= 0.6 is 0 Å². The maximum absolute atomic E-state index is 12.8. The van der Waals surface area contributed by atoms with Crippen LogP contribution in [0.3, 0.4) is 0 Å². The van der Waals surface area contributed by atoms with Gasteiger partial charge in [-0.3, -0.25) is 4.79 Å². The first-order valence-electron chi connectivity index (χ1n) is 8.69. The van der Waals surface area contributed by atoms with Gasteiger partial charge in [0.1, 0.15) is 5.56 Å². The lowest BCUT2D eigenvalue weighted by molar-refractivity contribution is 0.0527. The zero-order valence-electron chi connectivity index (χ0n) is 15.0. The third-order valence-corrected chi connectivity index (χ3v) is 4.13. The van der Waals surface area contributed by atoms with Crippen LogP contribution in [0.25, 0.3) is 5.69 Å². The van der Waals surface area contributed by atoms with E-state index in [1.165, 1.54) is 10.9 Å². The normalized spacial score (nSPS) is 11.9. The Morgan fingerprint density at radius 2 is 1.93 bits per heavy atom. The second kappa shape index (κ2) is 7.43. The minimum absolute atomic E-state index is 0.119. The molecule has 0 radical (unpaired) electrons. The Labute approximate surface area is 160 Å². The SMILES string of the molecule is CCOC(=O)c1cnn(-c2ccccc2)c1NC(=O)c1ccc2c(c1)OCO2. The number of fused-ring (bicyclic) bond motifs is 1. The molecule has 2 aromatic carbocycles. The van der Waals surface area contributed by atoms with E-state index in [1.807, 2.05) is 30.3 Å². The molecule has 0 fully saturated rings. The second-order valence-electron chi connectivity index (χ2n) is 5.90. The monoisotopic (exact) mass is 379 g/mol. The van der Waals surface area contributed by atoms with Gasteiger partial charge in [-0.2, -0.15) is 5.10 Å². The van der Waals surface area contributed by atoms with Crippen molar-refractivity contribution >= 4 is 17.7 Å². The fourth-order valence-corrected chi connectivity index (χ4v) is 2.81. The minimum Gasteiger partial charge on any atom is -0.462 e. The number of nitrogens with one attached hydrogen (secondary N) is 1.